The van der Waals surface area contributed by atoms with Crippen molar-refractivity contribution in [2.75, 3.05) is 7.11 Å². The Balaban J connectivity index is 1.22. The third-order valence-corrected chi connectivity index (χ3v) is 8.77. The highest BCUT2D eigenvalue weighted by Gasteiger charge is 2.51. The minimum absolute atomic E-state index is 0.123. The van der Waals surface area contributed by atoms with E-state index in [9.17, 15) is 9.59 Å². The minimum atomic E-state index is -0.498. The summed E-state index contributed by atoms with van der Waals surface area (Å²) in [5.41, 5.74) is 0.722. The van der Waals surface area contributed by atoms with Gasteiger partial charge in [-0.05, 0) is 82.3 Å². The molecule has 2 N–H and O–H groups in total. The van der Waals surface area contributed by atoms with E-state index < -0.39 is 5.25 Å². The number of hydrogen-bond donors (Lipinski definition) is 2. The quantitative estimate of drug-likeness (QED) is 0.572. The predicted molar refractivity (Wildman–Crippen MR) is 131 cm³/mol. The van der Waals surface area contributed by atoms with Gasteiger partial charge in [-0.2, -0.15) is 0 Å². The number of nitrogens with zero attached hydrogens (tertiary/aromatic N) is 3. The normalized spacial score (nSPS) is 27.9. The first-order valence-electron chi connectivity index (χ1n) is 12.3. The highest BCUT2D eigenvalue weighted by Crippen LogP contribution is 2.55. The van der Waals surface area contributed by atoms with E-state index in [1.807, 2.05) is 35.8 Å². The summed E-state index contributed by atoms with van der Waals surface area (Å²) in [4.78, 5) is 25.6. The van der Waals surface area contributed by atoms with Gasteiger partial charge in [0.05, 0.1) is 17.9 Å². The van der Waals surface area contributed by atoms with Crippen LogP contribution in [0, 0.1) is 17.8 Å². The summed E-state index contributed by atoms with van der Waals surface area (Å²) in [6.45, 7) is 4.44. The van der Waals surface area contributed by atoms with Crippen molar-refractivity contribution < 1.29 is 14.3 Å². The third kappa shape index (κ3) is 4.42. The molecule has 2 aromatic rings. The molecule has 0 aliphatic heterocycles. The van der Waals surface area contributed by atoms with E-state index in [1.54, 1.807) is 14.0 Å². The summed E-state index contributed by atoms with van der Waals surface area (Å²) in [6, 6.07) is 7.29. The Kier molecular flexibility index (Phi) is 6.31. The molecule has 0 spiro atoms. The average Bonchev–Trinajstić information content (AvgIpc) is 3.19. The Hall–Kier alpha value is -2.55. The lowest BCUT2D eigenvalue weighted by atomic mass is 9.53. The average molecular weight is 484 g/mol. The Morgan fingerprint density at radius 2 is 1.79 bits per heavy atom. The number of rotatable bonds is 7. The number of ether oxygens (including phenoxy) is 1. The zero-order chi connectivity index (χ0) is 23.9. The second kappa shape index (κ2) is 9.24. The van der Waals surface area contributed by atoms with Crippen LogP contribution < -0.4 is 15.4 Å². The fourth-order valence-corrected chi connectivity index (χ4v) is 7.56. The van der Waals surface area contributed by atoms with Gasteiger partial charge in [-0.15, -0.1) is 10.2 Å². The van der Waals surface area contributed by atoms with Crippen LogP contribution >= 0.6 is 11.8 Å². The van der Waals surface area contributed by atoms with Crippen molar-refractivity contribution in [3.63, 3.8) is 0 Å². The molecule has 4 saturated carbocycles. The molecule has 0 radical (unpaired) electrons. The number of amides is 3. The lowest BCUT2D eigenvalue weighted by molar-refractivity contribution is -0.119. The number of para-hydroxylation sites is 1. The van der Waals surface area contributed by atoms with Gasteiger partial charge in [0.2, 0.25) is 5.91 Å². The fraction of sp³-hybridized carbons (Fsp3) is 0.600. The summed E-state index contributed by atoms with van der Waals surface area (Å²) in [7, 11) is 1.63. The van der Waals surface area contributed by atoms with Gasteiger partial charge in [-0.25, -0.2) is 4.79 Å². The molecule has 8 nitrogen and oxygen atoms in total. The molecule has 0 unspecified atom stereocenters. The second-order valence-corrected chi connectivity index (χ2v) is 11.5. The maximum absolute atomic E-state index is 12.9. The van der Waals surface area contributed by atoms with Crippen molar-refractivity contribution in [1.29, 1.82) is 0 Å². The summed E-state index contributed by atoms with van der Waals surface area (Å²) >= 11 is 1.30. The Morgan fingerprint density at radius 3 is 2.41 bits per heavy atom. The van der Waals surface area contributed by atoms with E-state index >= 15 is 0 Å². The molecule has 4 bridgehead atoms. The Morgan fingerprint density at radius 1 is 1.15 bits per heavy atom. The van der Waals surface area contributed by atoms with Crippen LogP contribution in [-0.4, -0.2) is 44.6 Å². The molecule has 4 aliphatic rings. The number of benzene rings is 1. The molecule has 1 aromatic heterocycles. The molecule has 1 heterocycles. The van der Waals surface area contributed by atoms with Gasteiger partial charge < -0.3 is 14.6 Å². The molecular formula is C25H33N5O3S. The standard InChI is InChI=1S/C25H33N5O3S/c1-4-30-21(19-7-5-6-8-20(19)33-3)28-29-24(30)34-15(2)22(31)26-23(32)27-25-12-16-9-17(13-25)11-18(10-16)14-25/h5-8,15-18H,4,9-14H2,1-3H3,(H2,26,27,31,32)/t15-,16?,17?,18?,25?/m1/s1. The van der Waals surface area contributed by atoms with Crippen LogP contribution in [0.3, 0.4) is 0 Å². The van der Waals surface area contributed by atoms with Gasteiger partial charge in [0.25, 0.3) is 0 Å². The molecule has 3 amide bonds. The van der Waals surface area contributed by atoms with E-state index in [4.69, 9.17) is 4.74 Å². The van der Waals surface area contributed by atoms with Gasteiger partial charge in [0, 0.05) is 12.1 Å². The van der Waals surface area contributed by atoms with Gasteiger partial charge in [0.1, 0.15) is 5.75 Å². The predicted octanol–water partition coefficient (Wildman–Crippen LogP) is 4.25. The Labute approximate surface area is 204 Å². The monoisotopic (exact) mass is 483 g/mol. The van der Waals surface area contributed by atoms with E-state index in [-0.39, 0.29) is 17.5 Å². The second-order valence-electron chi connectivity index (χ2n) is 10.2. The van der Waals surface area contributed by atoms with Gasteiger partial charge >= 0.3 is 6.03 Å². The highest BCUT2D eigenvalue weighted by atomic mass is 32.2. The summed E-state index contributed by atoms with van der Waals surface area (Å²) in [5, 5.41) is 14.6. The van der Waals surface area contributed by atoms with Crippen LogP contribution in [0.1, 0.15) is 52.4 Å². The zero-order valence-electron chi connectivity index (χ0n) is 20.0. The lowest BCUT2D eigenvalue weighted by Gasteiger charge is -2.56. The van der Waals surface area contributed by atoms with Crippen LogP contribution in [0.5, 0.6) is 5.75 Å². The number of imide groups is 1. The number of nitrogens with one attached hydrogen (secondary N) is 2. The van der Waals surface area contributed by atoms with Crippen molar-refractivity contribution in [2.45, 2.75) is 74.9 Å². The van der Waals surface area contributed by atoms with Crippen molar-refractivity contribution in [3.8, 4) is 17.1 Å². The number of methoxy groups -OCH3 is 1. The van der Waals surface area contributed by atoms with Crippen LogP contribution in [0.25, 0.3) is 11.4 Å². The smallest absolute Gasteiger partial charge is 0.321 e. The molecule has 1 aromatic carbocycles. The number of aromatic nitrogens is 3. The van der Waals surface area contributed by atoms with Crippen LogP contribution in [0.4, 0.5) is 4.79 Å². The van der Waals surface area contributed by atoms with E-state index in [2.05, 4.69) is 20.8 Å². The van der Waals surface area contributed by atoms with Crippen LogP contribution in [-0.2, 0) is 11.3 Å². The largest absolute Gasteiger partial charge is 0.496 e. The number of hydrogen-bond acceptors (Lipinski definition) is 6. The molecule has 182 valence electrons. The maximum atomic E-state index is 12.9. The first-order chi connectivity index (χ1) is 16.4. The van der Waals surface area contributed by atoms with Crippen molar-refractivity contribution in [2.24, 2.45) is 17.8 Å². The third-order valence-electron chi connectivity index (χ3n) is 7.69. The maximum Gasteiger partial charge on any atom is 0.321 e. The van der Waals surface area contributed by atoms with Gasteiger partial charge in [-0.3, -0.25) is 10.1 Å². The van der Waals surface area contributed by atoms with E-state index in [1.165, 1.54) is 31.0 Å². The molecule has 9 heteroatoms. The van der Waals surface area contributed by atoms with Gasteiger partial charge in [-0.1, -0.05) is 23.9 Å². The molecule has 0 saturated heterocycles. The fourth-order valence-electron chi connectivity index (χ4n) is 6.65. The van der Waals surface area contributed by atoms with Gasteiger partial charge in [0.15, 0.2) is 11.0 Å². The Bertz CT molecular complexity index is 1050. The molecule has 4 aliphatic carbocycles. The SMILES string of the molecule is CCn1c(S[C@H](C)C(=O)NC(=O)NC23CC4CC(CC(C4)C2)C3)nnc1-c1ccccc1OC. The summed E-state index contributed by atoms with van der Waals surface area (Å²) in [5.74, 6) is 3.28. The summed E-state index contributed by atoms with van der Waals surface area (Å²) in [6.07, 6.45) is 7.08. The number of thioether (sulfide) groups is 1. The molecule has 4 fully saturated rings. The lowest BCUT2D eigenvalue weighted by Crippen LogP contribution is -2.62. The topological polar surface area (TPSA) is 98.1 Å². The van der Waals surface area contributed by atoms with Crippen molar-refractivity contribution in [3.05, 3.63) is 24.3 Å². The van der Waals surface area contributed by atoms with Crippen molar-refractivity contribution in [1.82, 2.24) is 25.4 Å². The summed E-state index contributed by atoms with van der Waals surface area (Å²) < 4.78 is 7.43. The zero-order valence-corrected chi connectivity index (χ0v) is 20.9. The van der Waals surface area contributed by atoms with Crippen LogP contribution in [0.2, 0.25) is 0 Å². The first-order valence-corrected chi connectivity index (χ1v) is 13.1. The molecule has 34 heavy (non-hydrogen) atoms. The van der Waals surface area contributed by atoms with E-state index in [0.717, 1.165) is 42.6 Å². The number of urea groups is 1. The van der Waals surface area contributed by atoms with E-state index in [0.29, 0.717) is 23.3 Å². The minimum Gasteiger partial charge on any atom is -0.496 e. The highest BCUT2D eigenvalue weighted by molar-refractivity contribution is 8.00. The molecular weight excluding hydrogens is 450 g/mol. The first kappa shape index (κ1) is 23.2. The van der Waals surface area contributed by atoms with Crippen LogP contribution in [0.15, 0.2) is 29.4 Å². The number of carbonyl (C=O) groups is 2. The number of carbonyl (C=O) groups excluding carboxylic acids is 2. The van der Waals surface area contributed by atoms with Crippen molar-refractivity contribution >= 4 is 23.7 Å². The molecule has 1 atom stereocenters. The molecule has 6 rings (SSSR count).